The standard InChI is InChI=1S/C43H60F5N5O9S/c1-11-13-14-15-18-51(39(57)36(25(5)12-2)53(23-54)43(10)17-16-19-52(43)30(56)21-49-41(59)62-42(7,8)9)28(24(3)4)20-29(60-26(6)55)38-50-27(22-63-38)40(58)61-37-34(47)32(45)31(44)33(46)35(37)48/h22-25,28-29,36H,11-21H2,1-10H3,(H,49,59)/t25-,28+,29+,36-,43-/m0/s1. The number of halogens is 5. The van der Waals surface area contributed by atoms with Crippen LogP contribution in [0.4, 0.5) is 26.7 Å². The molecule has 1 saturated heterocycles. The summed E-state index contributed by atoms with van der Waals surface area (Å²) in [5.41, 5.74) is -2.67. The predicted octanol–water partition coefficient (Wildman–Crippen LogP) is 8.22. The number of hydrogen-bond acceptors (Lipinski definition) is 11. The van der Waals surface area contributed by atoms with Crippen LogP contribution in [-0.2, 0) is 28.7 Å². The van der Waals surface area contributed by atoms with E-state index in [1.54, 1.807) is 32.6 Å². The Kier molecular flexibility index (Phi) is 18.9. The predicted molar refractivity (Wildman–Crippen MR) is 222 cm³/mol. The van der Waals surface area contributed by atoms with Gasteiger partial charge in [-0.25, -0.2) is 27.7 Å². The van der Waals surface area contributed by atoms with Gasteiger partial charge in [0.15, 0.2) is 11.8 Å². The van der Waals surface area contributed by atoms with Gasteiger partial charge < -0.3 is 34.2 Å². The monoisotopic (exact) mass is 917 g/mol. The zero-order valence-electron chi connectivity index (χ0n) is 37.6. The number of ether oxygens (including phenoxy) is 3. The van der Waals surface area contributed by atoms with Crippen LogP contribution < -0.4 is 10.1 Å². The highest BCUT2D eigenvalue weighted by Crippen LogP contribution is 2.38. The molecule has 2 aromatic rings. The van der Waals surface area contributed by atoms with Crippen LogP contribution >= 0.6 is 11.3 Å². The number of aromatic nitrogens is 1. The van der Waals surface area contributed by atoms with Gasteiger partial charge in [0, 0.05) is 37.9 Å². The van der Waals surface area contributed by atoms with Crippen molar-refractivity contribution < 1.29 is 64.9 Å². The van der Waals surface area contributed by atoms with Crippen LogP contribution in [0.2, 0.25) is 0 Å². The highest BCUT2D eigenvalue weighted by atomic mass is 32.1. The second kappa shape index (κ2) is 22.7. The highest BCUT2D eigenvalue weighted by molar-refractivity contribution is 7.09. The van der Waals surface area contributed by atoms with Crippen molar-refractivity contribution in [3.8, 4) is 5.75 Å². The maximum Gasteiger partial charge on any atom is 0.408 e. The number of likely N-dealkylation sites (tertiary alicyclic amines) is 1. The van der Waals surface area contributed by atoms with Gasteiger partial charge in [-0.2, -0.15) is 8.78 Å². The van der Waals surface area contributed by atoms with Crippen LogP contribution in [0.3, 0.4) is 0 Å². The molecule has 20 heteroatoms. The van der Waals surface area contributed by atoms with E-state index in [1.807, 2.05) is 34.6 Å². The number of unbranched alkanes of at least 4 members (excludes halogenated alkanes) is 3. The first kappa shape index (κ1) is 52.5. The van der Waals surface area contributed by atoms with Gasteiger partial charge in [0.1, 0.15) is 28.9 Å². The van der Waals surface area contributed by atoms with Crippen LogP contribution in [0.5, 0.6) is 5.75 Å². The molecule has 352 valence electrons. The number of carbonyl (C=O) groups is 6. The summed E-state index contributed by atoms with van der Waals surface area (Å²) in [5, 5.41) is 3.57. The van der Waals surface area contributed by atoms with Gasteiger partial charge >= 0.3 is 18.0 Å². The molecule has 1 aliphatic rings. The number of benzene rings is 1. The second-order valence-electron chi connectivity index (χ2n) is 17.2. The smallest absolute Gasteiger partial charge is 0.408 e. The van der Waals surface area contributed by atoms with Crippen molar-refractivity contribution in [2.75, 3.05) is 19.6 Å². The number of carbonyl (C=O) groups excluding carboxylic acids is 6. The van der Waals surface area contributed by atoms with Crippen LogP contribution in [-0.4, -0.2) is 98.9 Å². The first-order chi connectivity index (χ1) is 29.4. The van der Waals surface area contributed by atoms with Crippen LogP contribution in [0.25, 0.3) is 0 Å². The fourth-order valence-corrected chi connectivity index (χ4v) is 8.38. The highest BCUT2D eigenvalue weighted by Gasteiger charge is 2.50. The SMILES string of the molecule is CCCCCCN(C(=O)[C@H]([C@@H](C)CC)N(C=O)[C@@]1(C)CCCN1C(=O)CNC(=O)OC(C)(C)C)[C@H](C[C@@H](OC(C)=O)c1nc(C(=O)Oc2c(F)c(F)c(F)c(F)c2F)cs1)C(C)C. The third-order valence-electron chi connectivity index (χ3n) is 10.9. The lowest BCUT2D eigenvalue weighted by Crippen LogP contribution is -2.66. The van der Waals surface area contributed by atoms with Gasteiger partial charge in [-0.15, -0.1) is 11.3 Å². The van der Waals surface area contributed by atoms with E-state index in [1.165, 1.54) is 9.80 Å². The number of nitrogens with one attached hydrogen (secondary N) is 1. The Morgan fingerprint density at radius 2 is 1.60 bits per heavy atom. The topological polar surface area (TPSA) is 165 Å². The van der Waals surface area contributed by atoms with Gasteiger partial charge in [-0.3, -0.25) is 19.2 Å². The molecule has 0 bridgehead atoms. The molecule has 0 unspecified atom stereocenters. The number of thiazole rings is 1. The Bertz CT molecular complexity index is 1930. The van der Waals surface area contributed by atoms with E-state index >= 15 is 4.79 Å². The van der Waals surface area contributed by atoms with E-state index in [-0.39, 0.29) is 30.4 Å². The van der Waals surface area contributed by atoms with Gasteiger partial charge in [-0.05, 0) is 58.8 Å². The largest absolute Gasteiger partial charge is 0.455 e. The van der Waals surface area contributed by atoms with Crippen LogP contribution in [0.15, 0.2) is 5.38 Å². The van der Waals surface area contributed by atoms with E-state index in [9.17, 15) is 45.9 Å². The molecule has 2 heterocycles. The summed E-state index contributed by atoms with van der Waals surface area (Å²) in [4.78, 5) is 89.1. The third-order valence-corrected chi connectivity index (χ3v) is 11.9. The molecule has 3 rings (SSSR count). The van der Waals surface area contributed by atoms with Crippen molar-refractivity contribution in [3.63, 3.8) is 0 Å². The Labute approximate surface area is 369 Å². The lowest BCUT2D eigenvalue weighted by molar-refractivity contribution is -0.163. The third kappa shape index (κ3) is 13.1. The average Bonchev–Trinajstić information content (AvgIpc) is 3.87. The molecule has 4 amide bonds. The molecule has 1 aromatic carbocycles. The fraction of sp³-hybridized carbons (Fsp3) is 0.651. The fourth-order valence-electron chi connectivity index (χ4n) is 7.55. The van der Waals surface area contributed by atoms with Crippen molar-refractivity contribution in [2.45, 2.75) is 150 Å². The maximum absolute atomic E-state index is 15.3. The van der Waals surface area contributed by atoms with Gasteiger partial charge in [0.05, 0.1) is 0 Å². The van der Waals surface area contributed by atoms with Crippen molar-refractivity contribution in [3.05, 3.63) is 45.2 Å². The lowest BCUT2D eigenvalue weighted by Gasteiger charge is -2.49. The molecule has 1 aliphatic heterocycles. The minimum Gasteiger partial charge on any atom is -0.455 e. The first-order valence-corrected chi connectivity index (χ1v) is 22.0. The lowest BCUT2D eigenvalue weighted by atomic mass is 9.90. The van der Waals surface area contributed by atoms with Gasteiger partial charge in [0.2, 0.25) is 53.1 Å². The molecule has 14 nitrogen and oxygen atoms in total. The van der Waals surface area contributed by atoms with E-state index < -0.39 is 112 Å². The van der Waals surface area contributed by atoms with Crippen LogP contribution in [0, 0.1) is 40.9 Å². The summed E-state index contributed by atoms with van der Waals surface area (Å²) >= 11 is 0.790. The van der Waals surface area contributed by atoms with E-state index in [0.29, 0.717) is 32.1 Å². The van der Waals surface area contributed by atoms with E-state index in [4.69, 9.17) is 9.47 Å². The number of nitrogens with zero attached hydrogens (tertiary/aromatic N) is 4. The first-order valence-electron chi connectivity index (χ1n) is 21.1. The van der Waals surface area contributed by atoms with Crippen molar-refractivity contribution in [1.82, 2.24) is 25.0 Å². The summed E-state index contributed by atoms with van der Waals surface area (Å²) in [6, 6.07) is -1.80. The van der Waals surface area contributed by atoms with Gasteiger partial charge in [0.25, 0.3) is 0 Å². The minimum atomic E-state index is -2.44. The second-order valence-corrected chi connectivity index (χ2v) is 18.1. The van der Waals surface area contributed by atoms with Gasteiger partial charge in [-0.1, -0.05) is 60.3 Å². The normalized spacial score (nSPS) is 17.1. The molecular formula is C43H60F5N5O9S. The molecule has 1 aromatic heterocycles. The molecule has 5 atom stereocenters. The zero-order chi connectivity index (χ0) is 47.6. The minimum absolute atomic E-state index is 0.000741. The quantitative estimate of drug-likeness (QED) is 0.0245. The molecule has 1 fully saturated rings. The maximum atomic E-state index is 15.3. The summed E-state index contributed by atoms with van der Waals surface area (Å²) in [7, 11) is 0. The summed E-state index contributed by atoms with van der Waals surface area (Å²) in [5.74, 6) is -17.6. The summed E-state index contributed by atoms with van der Waals surface area (Å²) in [6.45, 7) is 17.4. The number of amides is 4. The Hall–Kier alpha value is -4.88. The van der Waals surface area contributed by atoms with Crippen molar-refractivity contribution in [2.24, 2.45) is 11.8 Å². The van der Waals surface area contributed by atoms with E-state index in [2.05, 4.69) is 15.0 Å². The number of alkyl carbamates (subject to hydrolysis) is 1. The number of esters is 2. The molecule has 63 heavy (non-hydrogen) atoms. The molecule has 0 aliphatic carbocycles. The van der Waals surface area contributed by atoms with Crippen molar-refractivity contribution in [1.29, 1.82) is 0 Å². The molecule has 0 spiro atoms. The van der Waals surface area contributed by atoms with E-state index in [0.717, 1.165) is 42.9 Å². The summed E-state index contributed by atoms with van der Waals surface area (Å²) in [6.07, 6.45) is 2.88. The zero-order valence-corrected chi connectivity index (χ0v) is 38.4. The molecule has 0 saturated carbocycles. The van der Waals surface area contributed by atoms with Crippen molar-refractivity contribution >= 4 is 47.6 Å². The number of hydrogen-bond donors (Lipinski definition) is 1. The Morgan fingerprint density at radius 1 is 0.984 bits per heavy atom. The Balaban J connectivity index is 2.04. The molecular weight excluding hydrogens is 858 g/mol. The molecule has 1 N–H and O–H groups in total. The summed E-state index contributed by atoms with van der Waals surface area (Å²) < 4.78 is 85.5. The molecule has 0 radical (unpaired) electrons. The van der Waals surface area contributed by atoms with Crippen LogP contribution in [0.1, 0.15) is 142 Å². The average molecular weight is 918 g/mol. The number of rotatable bonds is 21. The Morgan fingerprint density at radius 3 is 2.14 bits per heavy atom.